The van der Waals surface area contributed by atoms with E-state index in [1.807, 2.05) is 0 Å². The van der Waals surface area contributed by atoms with Crippen LogP contribution in [0.3, 0.4) is 0 Å². The first kappa shape index (κ1) is 19.7. The molecule has 0 saturated heterocycles. The molecular formula is C18H16F2N4O3S. The Balaban J connectivity index is 1.91. The van der Waals surface area contributed by atoms with E-state index in [4.69, 9.17) is 0 Å². The van der Waals surface area contributed by atoms with Crippen LogP contribution in [0.25, 0.3) is 0 Å². The standard InChI is InChI=1S/C18H16F2N4O3S/c1-10(12-5-21-22-6-12)13-7-24(8-16(25)26)18(23-17(13)27)28-9-11-2-3-14(19)15(20)4-11/h2-7,10H,8-9H2,1H3,(H,21,22)(H,25,26). The molecule has 3 aromatic rings. The molecule has 2 heterocycles. The zero-order chi connectivity index (χ0) is 20.3. The maximum atomic E-state index is 13.4. The van der Waals surface area contributed by atoms with Gasteiger partial charge in [0, 0.05) is 29.6 Å². The largest absolute Gasteiger partial charge is 0.480 e. The number of carboxylic acids is 1. The summed E-state index contributed by atoms with van der Waals surface area (Å²) in [5, 5.41) is 15.9. The van der Waals surface area contributed by atoms with Crippen LogP contribution in [0.2, 0.25) is 0 Å². The summed E-state index contributed by atoms with van der Waals surface area (Å²) in [6.45, 7) is 1.40. The fraction of sp³-hybridized carbons (Fsp3) is 0.222. The number of thioether (sulfide) groups is 1. The van der Waals surface area contributed by atoms with Crippen LogP contribution in [0.1, 0.15) is 29.5 Å². The predicted molar refractivity (Wildman–Crippen MR) is 98.2 cm³/mol. The van der Waals surface area contributed by atoms with Gasteiger partial charge < -0.3 is 9.67 Å². The van der Waals surface area contributed by atoms with Gasteiger partial charge in [0.1, 0.15) is 6.54 Å². The Labute approximate surface area is 162 Å². The number of H-pyrrole nitrogens is 1. The lowest BCUT2D eigenvalue weighted by Gasteiger charge is -2.15. The Bertz CT molecular complexity index is 1050. The summed E-state index contributed by atoms with van der Waals surface area (Å²) in [5.74, 6) is -3.16. The van der Waals surface area contributed by atoms with Gasteiger partial charge in [0.05, 0.1) is 6.20 Å². The number of hydrogen-bond acceptors (Lipinski definition) is 5. The van der Waals surface area contributed by atoms with Gasteiger partial charge in [0.2, 0.25) is 0 Å². The van der Waals surface area contributed by atoms with Gasteiger partial charge in [-0.15, -0.1) is 0 Å². The number of aromatic amines is 1. The van der Waals surface area contributed by atoms with Crippen molar-refractivity contribution < 1.29 is 18.7 Å². The van der Waals surface area contributed by atoms with Gasteiger partial charge in [-0.05, 0) is 23.3 Å². The average molecular weight is 406 g/mol. The van der Waals surface area contributed by atoms with E-state index in [0.29, 0.717) is 11.1 Å². The fourth-order valence-corrected chi connectivity index (χ4v) is 3.53. The number of hydrogen-bond donors (Lipinski definition) is 2. The second kappa shape index (κ2) is 8.34. The molecule has 0 aliphatic rings. The summed E-state index contributed by atoms with van der Waals surface area (Å²) in [6.07, 6.45) is 4.70. The molecule has 7 nitrogen and oxygen atoms in total. The van der Waals surface area contributed by atoms with Crippen LogP contribution in [0.15, 0.2) is 46.7 Å². The van der Waals surface area contributed by atoms with Gasteiger partial charge in [-0.25, -0.2) is 8.78 Å². The first-order chi connectivity index (χ1) is 13.3. The number of nitrogens with one attached hydrogen (secondary N) is 1. The number of aliphatic carboxylic acids is 1. The van der Waals surface area contributed by atoms with Crippen molar-refractivity contribution in [3.05, 3.63) is 75.5 Å². The highest BCUT2D eigenvalue weighted by molar-refractivity contribution is 7.98. The lowest BCUT2D eigenvalue weighted by atomic mass is 9.98. The van der Waals surface area contributed by atoms with E-state index in [-0.39, 0.29) is 16.8 Å². The van der Waals surface area contributed by atoms with Crippen LogP contribution >= 0.6 is 11.8 Å². The predicted octanol–water partition coefficient (Wildman–Crippen LogP) is 2.77. The molecule has 0 spiro atoms. The third-order valence-corrected chi connectivity index (χ3v) is 5.19. The molecule has 0 aliphatic carbocycles. The van der Waals surface area contributed by atoms with E-state index in [9.17, 15) is 23.5 Å². The second-order valence-electron chi connectivity index (χ2n) is 6.10. The molecule has 3 rings (SSSR count). The average Bonchev–Trinajstić information content (AvgIpc) is 3.18. The van der Waals surface area contributed by atoms with Crippen molar-refractivity contribution >= 4 is 17.7 Å². The van der Waals surface area contributed by atoms with E-state index in [2.05, 4.69) is 15.2 Å². The van der Waals surface area contributed by atoms with Crippen LogP contribution in [0.4, 0.5) is 8.78 Å². The molecular weight excluding hydrogens is 390 g/mol. The van der Waals surface area contributed by atoms with Crippen LogP contribution in [-0.2, 0) is 17.1 Å². The molecule has 0 fully saturated rings. The SMILES string of the molecule is CC(c1cn[nH]c1)c1cn(CC(=O)O)c(SCc2ccc(F)c(F)c2)nc1=O. The lowest BCUT2D eigenvalue weighted by molar-refractivity contribution is -0.137. The summed E-state index contributed by atoms with van der Waals surface area (Å²) >= 11 is 1.07. The number of nitrogens with zero attached hydrogens (tertiary/aromatic N) is 3. The number of benzene rings is 1. The Kier molecular flexibility index (Phi) is 5.88. The fourth-order valence-electron chi connectivity index (χ4n) is 2.62. The highest BCUT2D eigenvalue weighted by Gasteiger charge is 2.18. The highest BCUT2D eigenvalue weighted by atomic mass is 32.2. The number of aromatic nitrogens is 4. The monoisotopic (exact) mass is 406 g/mol. The van der Waals surface area contributed by atoms with E-state index in [1.54, 1.807) is 19.3 Å². The second-order valence-corrected chi connectivity index (χ2v) is 7.04. The van der Waals surface area contributed by atoms with Crippen LogP contribution in [0.5, 0.6) is 0 Å². The minimum atomic E-state index is -1.10. The molecule has 2 aromatic heterocycles. The van der Waals surface area contributed by atoms with E-state index < -0.39 is 29.7 Å². The number of carboxylic acid groups (broad SMARTS) is 1. The van der Waals surface area contributed by atoms with Crippen molar-refractivity contribution in [2.24, 2.45) is 0 Å². The van der Waals surface area contributed by atoms with Crippen molar-refractivity contribution in [3.63, 3.8) is 0 Å². The molecule has 0 aliphatic heterocycles. The summed E-state index contributed by atoms with van der Waals surface area (Å²) in [5.41, 5.74) is 1.10. The molecule has 0 bridgehead atoms. The zero-order valence-electron chi connectivity index (χ0n) is 14.7. The molecule has 1 atom stereocenters. The smallest absolute Gasteiger partial charge is 0.323 e. The molecule has 0 saturated carbocycles. The van der Waals surface area contributed by atoms with Crippen molar-refractivity contribution in [2.75, 3.05) is 0 Å². The molecule has 0 amide bonds. The molecule has 28 heavy (non-hydrogen) atoms. The van der Waals surface area contributed by atoms with Gasteiger partial charge in [-0.3, -0.25) is 14.7 Å². The van der Waals surface area contributed by atoms with Gasteiger partial charge in [0.15, 0.2) is 16.8 Å². The van der Waals surface area contributed by atoms with Gasteiger partial charge >= 0.3 is 5.97 Å². The third kappa shape index (κ3) is 4.45. The summed E-state index contributed by atoms with van der Waals surface area (Å²) < 4.78 is 27.8. The van der Waals surface area contributed by atoms with Crippen molar-refractivity contribution in [1.82, 2.24) is 19.7 Å². The number of rotatable bonds is 7. The zero-order valence-corrected chi connectivity index (χ0v) is 15.5. The third-order valence-electron chi connectivity index (χ3n) is 4.13. The Morgan fingerprint density at radius 2 is 2.14 bits per heavy atom. The molecule has 2 N–H and O–H groups in total. The van der Waals surface area contributed by atoms with Crippen molar-refractivity contribution in [1.29, 1.82) is 0 Å². The van der Waals surface area contributed by atoms with E-state index in [0.717, 1.165) is 29.5 Å². The summed E-state index contributed by atoms with van der Waals surface area (Å²) in [6, 6.07) is 3.48. The van der Waals surface area contributed by atoms with E-state index in [1.165, 1.54) is 16.8 Å². The van der Waals surface area contributed by atoms with Crippen molar-refractivity contribution in [2.45, 2.75) is 30.3 Å². The maximum Gasteiger partial charge on any atom is 0.323 e. The molecule has 0 radical (unpaired) electrons. The number of halogens is 2. The minimum absolute atomic E-state index is 0.181. The lowest BCUT2D eigenvalue weighted by Crippen LogP contribution is -2.23. The normalized spacial score (nSPS) is 12.1. The Hall–Kier alpha value is -3.01. The van der Waals surface area contributed by atoms with Gasteiger partial charge in [-0.2, -0.15) is 10.1 Å². The van der Waals surface area contributed by atoms with Crippen LogP contribution in [-0.4, -0.2) is 30.8 Å². The molecule has 10 heteroatoms. The quantitative estimate of drug-likeness (QED) is 0.462. The summed E-state index contributed by atoms with van der Waals surface area (Å²) in [7, 11) is 0. The Morgan fingerprint density at radius 1 is 1.36 bits per heavy atom. The van der Waals surface area contributed by atoms with Crippen molar-refractivity contribution in [3.8, 4) is 0 Å². The summed E-state index contributed by atoms with van der Waals surface area (Å²) in [4.78, 5) is 27.7. The molecule has 146 valence electrons. The van der Waals surface area contributed by atoms with Gasteiger partial charge in [0.25, 0.3) is 5.56 Å². The maximum absolute atomic E-state index is 13.4. The molecule has 1 unspecified atom stereocenters. The van der Waals surface area contributed by atoms with Crippen LogP contribution in [0, 0.1) is 11.6 Å². The first-order valence-electron chi connectivity index (χ1n) is 8.23. The number of carbonyl (C=O) groups is 1. The Morgan fingerprint density at radius 3 is 2.79 bits per heavy atom. The van der Waals surface area contributed by atoms with Gasteiger partial charge in [-0.1, -0.05) is 24.8 Å². The van der Waals surface area contributed by atoms with E-state index >= 15 is 0 Å². The highest BCUT2D eigenvalue weighted by Crippen LogP contribution is 2.24. The molecule has 1 aromatic carbocycles. The first-order valence-corrected chi connectivity index (χ1v) is 9.22. The topological polar surface area (TPSA) is 101 Å². The minimum Gasteiger partial charge on any atom is -0.480 e. The van der Waals surface area contributed by atoms with Crippen LogP contribution < -0.4 is 5.56 Å².